The van der Waals surface area contributed by atoms with Crippen LogP contribution in [0.5, 0.6) is 0 Å². The molecule has 0 saturated carbocycles. The van der Waals surface area contributed by atoms with Gasteiger partial charge in [0.1, 0.15) is 0 Å². The summed E-state index contributed by atoms with van der Waals surface area (Å²) in [4.78, 5) is 22.2. The van der Waals surface area contributed by atoms with Gasteiger partial charge in [-0.15, -0.1) is 0 Å². The van der Waals surface area contributed by atoms with E-state index in [1.807, 2.05) is 24.2 Å². The smallest absolute Gasteiger partial charge is 0.414 e. The minimum absolute atomic E-state index is 1.17. The third kappa shape index (κ3) is 9.65. The number of carboxylic acid groups (broad SMARTS) is 2. The minimum Gasteiger partial charge on any atom is -0.473 e. The van der Waals surface area contributed by atoms with E-state index in [-0.39, 0.29) is 0 Å². The second-order valence-electron chi connectivity index (χ2n) is 3.33. The molecular formula is C12H17NO4S. The summed E-state index contributed by atoms with van der Waals surface area (Å²) in [5.41, 5.74) is 1.40. The number of nitrogens with zero attached hydrogens (tertiary/aromatic N) is 1. The molecular weight excluding hydrogens is 254 g/mol. The highest BCUT2D eigenvalue weighted by Gasteiger charge is 2.04. The lowest BCUT2D eigenvalue weighted by Crippen LogP contribution is -2.09. The third-order valence-corrected chi connectivity index (χ3v) is 3.01. The second-order valence-corrected chi connectivity index (χ2v) is 4.55. The van der Waals surface area contributed by atoms with Crippen LogP contribution in [0.15, 0.2) is 24.5 Å². The molecule has 0 fully saturated rings. The maximum absolute atomic E-state index is 9.10. The predicted octanol–water partition coefficient (Wildman–Crippen LogP) is 1.92. The molecule has 0 bridgehead atoms. The highest BCUT2D eigenvalue weighted by Crippen LogP contribution is 2.06. The molecule has 0 unspecified atom stereocenters. The van der Waals surface area contributed by atoms with Gasteiger partial charge in [-0.1, -0.05) is 6.92 Å². The summed E-state index contributed by atoms with van der Waals surface area (Å²) in [7, 11) is 0. The number of aliphatic carboxylic acids is 2. The van der Waals surface area contributed by atoms with Crippen molar-refractivity contribution in [3.63, 3.8) is 0 Å². The van der Waals surface area contributed by atoms with Gasteiger partial charge in [0.2, 0.25) is 0 Å². The largest absolute Gasteiger partial charge is 0.473 e. The zero-order valence-electron chi connectivity index (χ0n) is 10.2. The summed E-state index contributed by atoms with van der Waals surface area (Å²) in [6.45, 7) is 2.22. The molecule has 2 N–H and O–H groups in total. The number of pyridine rings is 1. The van der Waals surface area contributed by atoms with Crippen LogP contribution in [0.25, 0.3) is 0 Å². The van der Waals surface area contributed by atoms with Gasteiger partial charge >= 0.3 is 11.9 Å². The van der Waals surface area contributed by atoms with Gasteiger partial charge in [-0.25, -0.2) is 9.59 Å². The van der Waals surface area contributed by atoms with Crippen molar-refractivity contribution in [3.05, 3.63) is 30.1 Å². The van der Waals surface area contributed by atoms with Crippen LogP contribution in [0.4, 0.5) is 0 Å². The molecule has 18 heavy (non-hydrogen) atoms. The lowest BCUT2D eigenvalue weighted by molar-refractivity contribution is -0.159. The van der Waals surface area contributed by atoms with Crippen LogP contribution in [0, 0.1) is 0 Å². The van der Waals surface area contributed by atoms with Crippen molar-refractivity contribution in [2.75, 3.05) is 11.5 Å². The Labute approximate surface area is 110 Å². The van der Waals surface area contributed by atoms with Crippen molar-refractivity contribution in [3.8, 4) is 0 Å². The first kappa shape index (κ1) is 16.4. The number of hydrogen-bond acceptors (Lipinski definition) is 4. The SMILES string of the molecule is CCCSCCc1ccncc1.O=C(O)C(=O)O. The van der Waals surface area contributed by atoms with E-state index in [1.54, 1.807) is 0 Å². The fourth-order valence-electron chi connectivity index (χ4n) is 0.986. The van der Waals surface area contributed by atoms with E-state index in [9.17, 15) is 0 Å². The molecule has 100 valence electrons. The molecule has 0 amide bonds. The van der Waals surface area contributed by atoms with E-state index in [2.05, 4.69) is 24.0 Å². The summed E-state index contributed by atoms with van der Waals surface area (Å²) in [5, 5.41) is 14.8. The van der Waals surface area contributed by atoms with Gasteiger partial charge in [-0.05, 0) is 42.0 Å². The highest BCUT2D eigenvalue weighted by molar-refractivity contribution is 7.99. The maximum atomic E-state index is 9.10. The number of aryl methyl sites for hydroxylation is 1. The maximum Gasteiger partial charge on any atom is 0.414 e. The summed E-state index contributed by atoms with van der Waals surface area (Å²) in [5.74, 6) is -1.13. The number of thioether (sulfide) groups is 1. The van der Waals surface area contributed by atoms with Crippen LogP contribution in [0.3, 0.4) is 0 Å². The van der Waals surface area contributed by atoms with Gasteiger partial charge in [0.05, 0.1) is 0 Å². The third-order valence-electron chi connectivity index (χ3n) is 1.82. The van der Waals surface area contributed by atoms with E-state index in [0.29, 0.717) is 0 Å². The Morgan fingerprint density at radius 1 is 1.17 bits per heavy atom. The molecule has 0 aliphatic heterocycles. The average Bonchev–Trinajstić information content (AvgIpc) is 2.36. The Morgan fingerprint density at radius 3 is 2.17 bits per heavy atom. The van der Waals surface area contributed by atoms with Crippen molar-refractivity contribution in [2.24, 2.45) is 0 Å². The predicted molar refractivity (Wildman–Crippen MR) is 70.8 cm³/mol. The van der Waals surface area contributed by atoms with Crippen LogP contribution < -0.4 is 0 Å². The Bertz CT molecular complexity index is 344. The molecule has 1 heterocycles. The molecule has 5 nitrogen and oxygen atoms in total. The van der Waals surface area contributed by atoms with Crippen LogP contribution in [-0.2, 0) is 16.0 Å². The molecule has 1 aromatic rings. The van der Waals surface area contributed by atoms with Gasteiger partial charge in [0.25, 0.3) is 0 Å². The first-order valence-electron chi connectivity index (χ1n) is 5.50. The molecule has 0 aliphatic rings. The van der Waals surface area contributed by atoms with E-state index >= 15 is 0 Å². The molecule has 0 radical (unpaired) electrons. The lowest BCUT2D eigenvalue weighted by atomic mass is 10.2. The van der Waals surface area contributed by atoms with Crippen LogP contribution in [0.2, 0.25) is 0 Å². The average molecular weight is 271 g/mol. The van der Waals surface area contributed by atoms with Crippen LogP contribution in [-0.4, -0.2) is 38.6 Å². The zero-order chi connectivity index (χ0) is 13.8. The topological polar surface area (TPSA) is 87.5 Å². The molecule has 0 aromatic carbocycles. The second kappa shape index (κ2) is 10.6. The van der Waals surface area contributed by atoms with Gasteiger partial charge in [-0.2, -0.15) is 11.8 Å². The first-order chi connectivity index (χ1) is 8.57. The Hall–Kier alpha value is -1.56. The van der Waals surface area contributed by atoms with Gasteiger partial charge in [-0.3, -0.25) is 4.98 Å². The van der Waals surface area contributed by atoms with Crippen LogP contribution >= 0.6 is 11.8 Å². The number of aromatic nitrogens is 1. The van der Waals surface area contributed by atoms with Gasteiger partial charge in [0, 0.05) is 12.4 Å². The van der Waals surface area contributed by atoms with E-state index in [4.69, 9.17) is 19.8 Å². The van der Waals surface area contributed by atoms with Crippen molar-refractivity contribution < 1.29 is 19.8 Å². The Morgan fingerprint density at radius 2 is 1.72 bits per heavy atom. The Kier molecular flexibility index (Phi) is 9.67. The van der Waals surface area contributed by atoms with Gasteiger partial charge in [0.15, 0.2) is 0 Å². The standard InChI is InChI=1S/C10H15NS.C2H2O4/c1-2-8-12-9-5-10-3-6-11-7-4-10;3-1(4)2(5)6/h3-4,6-7H,2,5,8-9H2,1H3;(H,3,4)(H,5,6). The summed E-state index contributed by atoms with van der Waals surface area (Å²) < 4.78 is 0. The minimum atomic E-state index is -1.82. The van der Waals surface area contributed by atoms with Crippen molar-refractivity contribution in [1.29, 1.82) is 0 Å². The fraction of sp³-hybridized carbons (Fsp3) is 0.417. The molecule has 0 saturated heterocycles. The van der Waals surface area contributed by atoms with E-state index in [1.165, 1.54) is 29.9 Å². The fourth-order valence-corrected chi connectivity index (χ4v) is 1.86. The van der Waals surface area contributed by atoms with E-state index in [0.717, 1.165) is 0 Å². The lowest BCUT2D eigenvalue weighted by Gasteiger charge is -1.99. The quantitative estimate of drug-likeness (QED) is 0.628. The number of rotatable bonds is 5. The molecule has 6 heteroatoms. The van der Waals surface area contributed by atoms with Crippen molar-refractivity contribution in [1.82, 2.24) is 4.98 Å². The summed E-state index contributed by atoms with van der Waals surface area (Å²) in [6.07, 6.45) is 6.17. The molecule has 0 atom stereocenters. The monoisotopic (exact) mass is 271 g/mol. The highest BCUT2D eigenvalue weighted by atomic mass is 32.2. The van der Waals surface area contributed by atoms with Crippen molar-refractivity contribution >= 4 is 23.7 Å². The molecule has 1 aromatic heterocycles. The zero-order valence-corrected chi connectivity index (χ0v) is 11.0. The Balaban J connectivity index is 0.000000411. The number of carboxylic acids is 2. The number of hydrogen-bond donors (Lipinski definition) is 2. The molecule has 1 rings (SSSR count). The van der Waals surface area contributed by atoms with Gasteiger partial charge < -0.3 is 10.2 Å². The summed E-state index contributed by atoms with van der Waals surface area (Å²) in [6, 6.07) is 4.18. The molecule has 0 aliphatic carbocycles. The number of carbonyl (C=O) groups is 2. The molecule has 0 spiro atoms. The van der Waals surface area contributed by atoms with Crippen molar-refractivity contribution in [2.45, 2.75) is 19.8 Å². The first-order valence-corrected chi connectivity index (χ1v) is 6.66. The van der Waals surface area contributed by atoms with Crippen LogP contribution in [0.1, 0.15) is 18.9 Å². The van der Waals surface area contributed by atoms with E-state index < -0.39 is 11.9 Å². The summed E-state index contributed by atoms with van der Waals surface area (Å²) >= 11 is 2.03. The normalized spacial score (nSPS) is 9.17.